The van der Waals surface area contributed by atoms with Crippen LogP contribution >= 0.6 is 7.60 Å². The molecule has 1 saturated carbocycles. The van der Waals surface area contributed by atoms with Crippen LogP contribution in [-0.4, -0.2) is 0 Å². The third-order valence-corrected chi connectivity index (χ3v) is 8.29. The van der Waals surface area contributed by atoms with Gasteiger partial charge in [-0.25, -0.2) is 4.57 Å². The molecule has 0 aromatic heterocycles. The van der Waals surface area contributed by atoms with Gasteiger partial charge in [-0.15, -0.1) is 0 Å². The zero-order valence-corrected chi connectivity index (χ0v) is 17.9. The summed E-state index contributed by atoms with van der Waals surface area (Å²) in [4.78, 5) is 0. The minimum absolute atomic E-state index is 0.00749. The first kappa shape index (κ1) is 20.7. The van der Waals surface area contributed by atoms with Gasteiger partial charge >= 0.3 is 7.60 Å². The highest BCUT2D eigenvalue weighted by Crippen LogP contribution is 2.66. The second-order valence-electron chi connectivity index (χ2n) is 7.83. The number of para-hydroxylation sites is 2. The summed E-state index contributed by atoms with van der Waals surface area (Å²) in [6, 6.07) is 28.0. The molecule has 1 aliphatic carbocycles. The summed E-state index contributed by atoms with van der Waals surface area (Å²) >= 11 is 0. The Bertz CT molecular complexity index is 930. The second-order valence-corrected chi connectivity index (χ2v) is 9.93. The highest BCUT2D eigenvalue weighted by atomic mass is 31.2. The Balaban J connectivity index is 1.84. The lowest BCUT2D eigenvalue weighted by molar-refractivity contribution is 0.231. The van der Waals surface area contributed by atoms with Crippen molar-refractivity contribution in [2.24, 2.45) is 11.7 Å². The van der Waals surface area contributed by atoms with Gasteiger partial charge in [0.25, 0.3) is 0 Å². The van der Waals surface area contributed by atoms with E-state index in [9.17, 15) is 4.57 Å². The summed E-state index contributed by atoms with van der Waals surface area (Å²) in [5.41, 5.74) is 7.94. The number of nitrogens with two attached hydrogens (primary N) is 1. The van der Waals surface area contributed by atoms with Crippen molar-refractivity contribution in [1.29, 1.82) is 0 Å². The number of benzene rings is 3. The molecule has 2 N–H and O–H groups in total. The van der Waals surface area contributed by atoms with Crippen LogP contribution in [0, 0.1) is 5.92 Å². The van der Waals surface area contributed by atoms with Gasteiger partial charge in [-0.2, -0.15) is 0 Å². The SMILES string of the molecule is NC(c1ccccc1)(C1CCCCC1)P(=O)(Oc1ccccc1)Oc1ccccc1. The minimum atomic E-state index is -3.90. The zero-order valence-electron chi connectivity index (χ0n) is 17.0. The molecule has 3 aromatic rings. The fraction of sp³-hybridized carbons (Fsp3) is 0.280. The highest BCUT2D eigenvalue weighted by Gasteiger charge is 2.57. The molecule has 5 heteroatoms. The van der Waals surface area contributed by atoms with Gasteiger partial charge in [-0.3, -0.25) is 0 Å². The zero-order chi connectivity index (χ0) is 20.9. The normalized spacial score (nSPS) is 17.1. The molecule has 0 spiro atoms. The molecule has 1 aliphatic rings. The Morgan fingerprint density at radius 3 is 1.60 bits per heavy atom. The van der Waals surface area contributed by atoms with Crippen LogP contribution < -0.4 is 14.8 Å². The van der Waals surface area contributed by atoms with Gasteiger partial charge in [-0.1, -0.05) is 86.0 Å². The van der Waals surface area contributed by atoms with Crippen LogP contribution in [0.2, 0.25) is 0 Å². The van der Waals surface area contributed by atoms with E-state index in [1.807, 2.05) is 66.7 Å². The van der Waals surface area contributed by atoms with Gasteiger partial charge in [0.05, 0.1) is 0 Å². The Labute approximate surface area is 178 Å². The lowest BCUT2D eigenvalue weighted by Gasteiger charge is -2.43. The van der Waals surface area contributed by atoms with E-state index in [1.54, 1.807) is 24.3 Å². The molecule has 0 bridgehead atoms. The smallest absolute Gasteiger partial charge is 0.415 e. The third kappa shape index (κ3) is 4.16. The maximum absolute atomic E-state index is 14.7. The first-order valence-corrected chi connectivity index (χ1v) is 12.1. The van der Waals surface area contributed by atoms with Crippen molar-refractivity contribution in [3.05, 3.63) is 96.6 Å². The fourth-order valence-electron chi connectivity index (χ4n) is 4.28. The van der Waals surface area contributed by atoms with E-state index in [0.717, 1.165) is 31.2 Å². The molecular formula is C25H28NO3P. The average Bonchev–Trinajstić information content (AvgIpc) is 2.81. The van der Waals surface area contributed by atoms with Gasteiger partial charge in [0, 0.05) is 0 Å². The van der Waals surface area contributed by atoms with E-state index >= 15 is 0 Å². The van der Waals surface area contributed by atoms with E-state index in [2.05, 4.69) is 0 Å². The number of hydrogen-bond acceptors (Lipinski definition) is 4. The summed E-state index contributed by atoms with van der Waals surface area (Å²) < 4.78 is 27.1. The van der Waals surface area contributed by atoms with Gasteiger partial charge in [-0.05, 0) is 48.6 Å². The Kier molecular flexibility index (Phi) is 6.26. The summed E-state index contributed by atoms with van der Waals surface area (Å²) in [6.07, 6.45) is 5.09. The molecule has 4 nitrogen and oxygen atoms in total. The van der Waals surface area contributed by atoms with Crippen molar-refractivity contribution < 1.29 is 13.6 Å². The van der Waals surface area contributed by atoms with E-state index in [-0.39, 0.29) is 5.92 Å². The summed E-state index contributed by atoms with van der Waals surface area (Å²) in [7, 11) is -3.90. The molecule has 1 fully saturated rings. The Hall–Kier alpha value is -2.55. The van der Waals surface area contributed by atoms with Crippen LogP contribution in [0.3, 0.4) is 0 Å². The van der Waals surface area contributed by atoms with E-state index in [4.69, 9.17) is 14.8 Å². The van der Waals surface area contributed by atoms with Crippen LogP contribution in [0.15, 0.2) is 91.0 Å². The summed E-state index contributed by atoms with van der Waals surface area (Å²) in [5.74, 6) is 0.962. The van der Waals surface area contributed by atoms with Gasteiger partial charge in [0.2, 0.25) is 0 Å². The quantitative estimate of drug-likeness (QED) is 0.430. The van der Waals surface area contributed by atoms with Crippen LogP contribution in [0.25, 0.3) is 0 Å². The highest BCUT2D eigenvalue weighted by molar-refractivity contribution is 7.56. The minimum Gasteiger partial charge on any atom is -0.415 e. The van der Waals surface area contributed by atoms with Crippen molar-refractivity contribution in [3.8, 4) is 11.5 Å². The van der Waals surface area contributed by atoms with E-state index in [1.165, 1.54) is 6.42 Å². The van der Waals surface area contributed by atoms with Crippen LogP contribution in [0.4, 0.5) is 0 Å². The van der Waals surface area contributed by atoms with Crippen molar-refractivity contribution >= 4 is 7.60 Å². The second kappa shape index (κ2) is 9.07. The molecule has 3 aromatic carbocycles. The first-order valence-electron chi connectivity index (χ1n) is 10.6. The van der Waals surface area contributed by atoms with Crippen molar-refractivity contribution in [2.75, 3.05) is 0 Å². The summed E-state index contributed by atoms with van der Waals surface area (Å²) in [5, 5.41) is -1.26. The molecule has 0 radical (unpaired) electrons. The van der Waals surface area contributed by atoms with Crippen molar-refractivity contribution in [1.82, 2.24) is 0 Å². The van der Waals surface area contributed by atoms with Crippen LogP contribution in [-0.2, 0) is 9.85 Å². The third-order valence-electron chi connectivity index (χ3n) is 5.85. The van der Waals surface area contributed by atoms with Gasteiger partial charge in [0.15, 0.2) is 5.28 Å². The molecule has 30 heavy (non-hydrogen) atoms. The van der Waals surface area contributed by atoms with Crippen molar-refractivity contribution in [3.63, 3.8) is 0 Å². The molecule has 4 rings (SSSR count). The molecule has 0 heterocycles. The molecule has 0 aliphatic heterocycles. The van der Waals surface area contributed by atoms with Crippen molar-refractivity contribution in [2.45, 2.75) is 37.4 Å². The predicted octanol–water partition coefficient (Wildman–Crippen LogP) is 6.73. The van der Waals surface area contributed by atoms with Gasteiger partial charge < -0.3 is 14.8 Å². The molecule has 1 atom stereocenters. The van der Waals surface area contributed by atoms with Gasteiger partial charge in [0.1, 0.15) is 11.5 Å². The number of hydrogen-bond donors (Lipinski definition) is 1. The molecule has 1 unspecified atom stereocenters. The lowest BCUT2D eigenvalue weighted by Crippen LogP contribution is -2.47. The lowest BCUT2D eigenvalue weighted by atomic mass is 9.81. The summed E-state index contributed by atoms with van der Waals surface area (Å²) in [6.45, 7) is 0. The Morgan fingerprint density at radius 2 is 1.13 bits per heavy atom. The largest absolute Gasteiger partial charge is 0.455 e. The monoisotopic (exact) mass is 421 g/mol. The molecule has 156 valence electrons. The van der Waals surface area contributed by atoms with Crippen LogP contribution in [0.1, 0.15) is 37.7 Å². The Morgan fingerprint density at radius 1 is 0.700 bits per heavy atom. The topological polar surface area (TPSA) is 61.6 Å². The standard InChI is InChI=1S/C25H28NO3P/c26-25(21-13-5-1-6-14-21,22-15-7-2-8-16-22)30(27,28-23-17-9-3-10-18-23)29-24-19-11-4-12-20-24/h1,3-6,9-14,17-20,22H,2,7-8,15-16,26H2. The maximum atomic E-state index is 14.7. The molecule has 0 saturated heterocycles. The number of rotatable bonds is 7. The average molecular weight is 421 g/mol. The van der Waals surface area contributed by atoms with Crippen LogP contribution in [0.5, 0.6) is 11.5 Å². The molecule has 0 amide bonds. The fourth-order valence-corrected chi connectivity index (χ4v) is 6.58. The maximum Gasteiger partial charge on any atom is 0.455 e. The predicted molar refractivity (Wildman–Crippen MR) is 121 cm³/mol. The molecular weight excluding hydrogens is 393 g/mol. The van der Waals surface area contributed by atoms with E-state index < -0.39 is 12.9 Å². The van der Waals surface area contributed by atoms with E-state index in [0.29, 0.717) is 11.5 Å². The first-order chi connectivity index (χ1) is 14.6.